The Kier molecular flexibility index (Phi) is 6.33. The Morgan fingerprint density at radius 2 is 1.96 bits per heavy atom. The van der Waals surface area contributed by atoms with Crippen molar-refractivity contribution in [3.63, 3.8) is 0 Å². The highest BCUT2D eigenvalue weighted by Gasteiger charge is 2.14. The number of carbonyl (C=O) groups excluding carboxylic acids is 1. The van der Waals surface area contributed by atoms with Crippen LogP contribution in [0.5, 0.6) is 0 Å². The molecule has 3 rings (SSSR count). The van der Waals surface area contributed by atoms with E-state index in [0.717, 1.165) is 27.4 Å². The minimum Gasteiger partial charge on any atom is -0.349 e. The van der Waals surface area contributed by atoms with Crippen LogP contribution in [0.4, 0.5) is 0 Å². The van der Waals surface area contributed by atoms with Crippen LogP contribution in [0.25, 0.3) is 17.0 Å². The molecule has 3 aromatic rings. The Morgan fingerprint density at radius 3 is 2.64 bits per heavy atom. The molecular weight excluding hydrogens is 414 g/mol. The second-order valence-electron chi connectivity index (χ2n) is 6.81. The maximum Gasteiger partial charge on any atom is 0.262 e. The molecule has 0 aliphatic heterocycles. The standard InChI is InChI=1S/C23H22BrN3O/c1-3-16(2)26-23(28)18(13-25)12-19-15-27(22-7-5-4-6-21(19)22)14-17-8-10-20(24)11-9-17/h4-12,15-16H,3,14H2,1-2H3,(H,26,28)/b18-12+/t16-/m0/s1. The molecule has 5 heteroatoms. The molecular formula is C23H22BrN3O. The number of carbonyl (C=O) groups is 1. The number of aromatic nitrogens is 1. The van der Waals surface area contributed by atoms with Crippen molar-refractivity contribution in [2.75, 3.05) is 0 Å². The van der Waals surface area contributed by atoms with Crippen molar-refractivity contribution in [3.05, 3.63) is 75.9 Å². The van der Waals surface area contributed by atoms with Gasteiger partial charge < -0.3 is 9.88 Å². The number of nitrogens with zero attached hydrogens (tertiary/aromatic N) is 2. The lowest BCUT2D eigenvalue weighted by Gasteiger charge is -2.10. The third kappa shape index (κ3) is 4.52. The SMILES string of the molecule is CC[C@H](C)NC(=O)/C(C#N)=C/c1cn(Cc2ccc(Br)cc2)c2ccccc12. The van der Waals surface area contributed by atoms with Gasteiger partial charge in [-0.1, -0.05) is 53.2 Å². The Labute approximate surface area is 173 Å². The Balaban J connectivity index is 1.98. The number of benzene rings is 2. The maximum absolute atomic E-state index is 12.4. The number of nitrogens with one attached hydrogen (secondary N) is 1. The predicted molar refractivity (Wildman–Crippen MR) is 117 cm³/mol. The van der Waals surface area contributed by atoms with Gasteiger partial charge in [-0.25, -0.2) is 0 Å². The van der Waals surface area contributed by atoms with Gasteiger partial charge in [-0.15, -0.1) is 0 Å². The van der Waals surface area contributed by atoms with Gasteiger partial charge in [0.05, 0.1) is 0 Å². The molecule has 2 aromatic carbocycles. The summed E-state index contributed by atoms with van der Waals surface area (Å²) in [6, 6.07) is 18.3. The molecule has 0 fully saturated rings. The second kappa shape index (κ2) is 8.90. The molecule has 0 saturated carbocycles. The Hall–Kier alpha value is -2.84. The van der Waals surface area contributed by atoms with Crippen LogP contribution in [-0.4, -0.2) is 16.5 Å². The van der Waals surface area contributed by atoms with E-state index in [-0.39, 0.29) is 17.5 Å². The number of amides is 1. The van der Waals surface area contributed by atoms with E-state index in [9.17, 15) is 10.1 Å². The minimum absolute atomic E-state index is 0.0306. The van der Waals surface area contributed by atoms with E-state index in [1.807, 2.05) is 56.4 Å². The summed E-state index contributed by atoms with van der Waals surface area (Å²) >= 11 is 3.46. The lowest BCUT2D eigenvalue weighted by atomic mass is 10.1. The molecule has 1 amide bonds. The fraction of sp³-hybridized carbons (Fsp3) is 0.217. The number of rotatable bonds is 6. The van der Waals surface area contributed by atoms with Crippen LogP contribution in [0, 0.1) is 11.3 Å². The average Bonchev–Trinajstić information content (AvgIpc) is 3.05. The van der Waals surface area contributed by atoms with E-state index >= 15 is 0 Å². The van der Waals surface area contributed by atoms with E-state index in [0.29, 0.717) is 6.54 Å². The number of para-hydroxylation sites is 1. The smallest absolute Gasteiger partial charge is 0.262 e. The molecule has 142 valence electrons. The van der Waals surface area contributed by atoms with Gasteiger partial charge in [0.15, 0.2) is 0 Å². The van der Waals surface area contributed by atoms with Crippen LogP contribution in [0.3, 0.4) is 0 Å². The van der Waals surface area contributed by atoms with Gasteiger partial charge in [0.25, 0.3) is 5.91 Å². The molecule has 28 heavy (non-hydrogen) atoms. The van der Waals surface area contributed by atoms with Crippen molar-refractivity contribution in [3.8, 4) is 6.07 Å². The lowest BCUT2D eigenvalue weighted by molar-refractivity contribution is -0.117. The van der Waals surface area contributed by atoms with Crippen molar-refractivity contribution in [2.24, 2.45) is 0 Å². The van der Waals surface area contributed by atoms with Gasteiger partial charge in [0.1, 0.15) is 11.6 Å². The Bertz CT molecular complexity index is 1060. The van der Waals surface area contributed by atoms with Crippen molar-refractivity contribution in [1.82, 2.24) is 9.88 Å². The summed E-state index contributed by atoms with van der Waals surface area (Å²) < 4.78 is 3.19. The number of nitriles is 1. The molecule has 0 unspecified atom stereocenters. The molecule has 0 saturated heterocycles. The van der Waals surface area contributed by atoms with Crippen molar-refractivity contribution in [2.45, 2.75) is 32.9 Å². The summed E-state index contributed by atoms with van der Waals surface area (Å²) in [5.74, 6) is -0.332. The monoisotopic (exact) mass is 435 g/mol. The minimum atomic E-state index is -0.332. The van der Waals surface area contributed by atoms with Crippen LogP contribution in [0.1, 0.15) is 31.4 Å². The van der Waals surface area contributed by atoms with Gasteiger partial charge in [-0.05, 0) is 43.2 Å². The number of hydrogen-bond donors (Lipinski definition) is 1. The first-order valence-corrected chi connectivity index (χ1v) is 10.1. The van der Waals surface area contributed by atoms with E-state index in [4.69, 9.17) is 0 Å². The molecule has 4 nitrogen and oxygen atoms in total. The molecule has 0 aliphatic rings. The van der Waals surface area contributed by atoms with E-state index in [1.165, 1.54) is 5.56 Å². The zero-order chi connectivity index (χ0) is 20.1. The zero-order valence-electron chi connectivity index (χ0n) is 15.9. The molecule has 0 bridgehead atoms. The molecule has 0 aliphatic carbocycles. The van der Waals surface area contributed by atoms with Gasteiger partial charge in [0.2, 0.25) is 0 Å². The van der Waals surface area contributed by atoms with Crippen molar-refractivity contribution in [1.29, 1.82) is 5.26 Å². The normalized spacial score (nSPS) is 12.6. The van der Waals surface area contributed by atoms with Crippen molar-refractivity contribution >= 4 is 38.8 Å². The number of hydrogen-bond acceptors (Lipinski definition) is 2. The predicted octanol–water partition coefficient (Wildman–Crippen LogP) is 5.27. The zero-order valence-corrected chi connectivity index (χ0v) is 17.5. The topological polar surface area (TPSA) is 57.8 Å². The first-order chi connectivity index (χ1) is 13.5. The highest BCUT2D eigenvalue weighted by molar-refractivity contribution is 9.10. The van der Waals surface area contributed by atoms with Crippen LogP contribution >= 0.6 is 15.9 Å². The third-order valence-corrected chi connectivity index (χ3v) is 5.27. The van der Waals surface area contributed by atoms with Crippen LogP contribution in [0.2, 0.25) is 0 Å². The highest BCUT2D eigenvalue weighted by atomic mass is 79.9. The average molecular weight is 436 g/mol. The summed E-state index contributed by atoms with van der Waals surface area (Å²) in [4.78, 5) is 12.4. The molecule has 1 atom stereocenters. The molecule has 0 radical (unpaired) electrons. The molecule has 0 spiro atoms. The summed E-state index contributed by atoms with van der Waals surface area (Å²) in [7, 11) is 0. The van der Waals surface area contributed by atoms with Gasteiger partial charge in [-0.3, -0.25) is 4.79 Å². The lowest BCUT2D eigenvalue weighted by Crippen LogP contribution is -2.32. The third-order valence-electron chi connectivity index (χ3n) is 4.74. The highest BCUT2D eigenvalue weighted by Crippen LogP contribution is 2.25. The summed E-state index contributed by atoms with van der Waals surface area (Å²) in [5.41, 5.74) is 3.22. The largest absolute Gasteiger partial charge is 0.349 e. The van der Waals surface area contributed by atoms with Crippen LogP contribution < -0.4 is 5.32 Å². The van der Waals surface area contributed by atoms with Gasteiger partial charge in [0, 0.05) is 39.7 Å². The summed E-state index contributed by atoms with van der Waals surface area (Å²) in [6.45, 7) is 4.63. The van der Waals surface area contributed by atoms with Crippen LogP contribution in [-0.2, 0) is 11.3 Å². The van der Waals surface area contributed by atoms with Crippen LogP contribution in [0.15, 0.2) is 64.8 Å². The van der Waals surface area contributed by atoms with E-state index in [1.54, 1.807) is 6.08 Å². The quantitative estimate of drug-likeness (QED) is 0.423. The van der Waals surface area contributed by atoms with Crippen molar-refractivity contribution < 1.29 is 4.79 Å². The number of fused-ring (bicyclic) bond motifs is 1. The maximum atomic E-state index is 12.4. The number of halogens is 1. The summed E-state index contributed by atoms with van der Waals surface area (Å²) in [5, 5.41) is 13.4. The molecule has 1 N–H and O–H groups in total. The fourth-order valence-electron chi connectivity index (χ4n) is 3.02. The van der Waals surface area contributed by atoms with Gasteiger partial charge >= 0.3 is 0 Å². The molecule has 1 heterocycles. The Morgan fingerprint density at radius 1 is 1.25 bits per heavy atom. The summed E-state index contributed by atoms with van der Waals surface area (Å²) in [6.07, 6.45) is 4.50. The van der Waals surface area contributed by atoms with Gasteiger partial charge in [-0.2, -0.15) is 5.26 Å². The van der Waals surface area contributed by atoms with E-state index in [2.05, 4.69) is 44.0 Å². The molecule has 1 aromatic heterocycles. The first-order valence-electron chi connectivity index (χ1n) is 9.26. The van der Waals surface area contributed by atoms with E-state index < -0.39 is 0 Å². The second-order valence-corrected chi connectivity index (χ2v) is 7.72. The first kappa shape index (κ1) is 19.9. The fourth-order valence-corrected chi connectivity index (χ4v) is 3.28.